The van der Waals surface area contributed by atoms with Gasteiger partial charge < -0.3 is 5.32 Å². The number of allylic oxidation sites excluding steroid dienone is 1. The summed E-state index contributed by atoms with van der Waals surface area (Å²) in [5, 5.41) is 5.88. The minimum atomic E-state index is -0.181. The van der Waals surface area contributed by atoms with Gasteiger partial charge in [0, 0.05) is 34.3 Å². The first-order valence-electron chi connectivity index (χ1n) is 8.94. The predicted octanol–water partition coefficient (Wildman–Crippen LogP) is 4.63. The summed E-state index contributed by atoms with van der Waals surface area (Å²) >= 11 is 0. The Morgan fingerprint density at radius 1 is 0.929 bits per heavy atom. The summed E-state index contributed by atoms with van der Waals surface area (Å²) in [7, 11) is 0. The highest BCUT2D eigenvalue weighted by atomic mass is 16.1. The maximum absolute atomic E-state index is 12.9. The third-order valence-electron chi connectivity index (χ3n) is 4.95. The lowest BCUT2D eigenvalue weighted by Crippen LogP contribution is -2.14. The van der Waals surface area contributed by atoms with Crippen LogP contribution in [-0.2, 0) is 0 Å². The van der Waals surface area contributed by atoms with Crippen molar-refractivity contribution in [3.63, 3.8) is 0 Å². The van der Waals surface area contributed by atoms with E-state index in [1.165, 1.54) is 13.0 Å². The Balaban J connectivity index is 1.74. The average molecular weight is 365 g/mol. The van der Waals surface area contributed by atoms with E-state index in [1.54, 1.807) is 12.3 Å². The zero-order chi connectivity index (χ0) is 19.3. The molecule has 2 aromatic carbocycles. The fraction of sp³-hybridized carbons (Fsp3) is 0.0435. The number of anilines is 1. The Labute approximate surface area is 160 Å². The molecule has 0 saturated carbocycles. The maximum atomic E-state index is 12.9. The number of carbonyl (C=O) groups excluding carboxylic acids is 2. The molecule has 2 heterocycles. The van der Waals surface area contributed by atoms with E-state index in [0.717, 1.165) is 21.7 Å². The molecule has 0 aliphatic heterocycles. The van der Waals surface area contributed by atoms with E-state index in [9.17, 15) is 9.59 Å². The van der Waals surface area contributed by atoms with Crippen molar-refractivity contribution in [2.24, 2.45) is 0 Å². The van der Waals surface area contributed by atoms with Gasteiger partial charge in [0.25, 0.3) is 0 Å². The van der Waals surface area contributed by atoms with Crippen LogP contribution in [0.5, 0.6) is 0 Å². The van der Waals surface area contributed by atoms with E-state index >= 15 is 0 Å². The molecule has 0 fully saturated rings. The average Bonchev–Trinajstić information content (AvgIpc) is 2.71. The highest BCUT2D eigenvalue weighted by Gasteiger charge is 2.25. The van der Waals surface area contributed by atoms with E-state index in [1.807, 2.05) is 48.5 Å². The molecule has 134 valence electrons. The summed E-state index contributed by atoms with van der Waals surface area (Å²) in [4.78, 5) is 33.9. The molecule has 28 heavy (non-hydrogen) atoms. The molecule has 0 bridgehead atoms. The van der Waals surface area contributed by atoms with Gasteiger partial charge in [-0.3, -0.25) is 14.6 Å². The van der Waals surface area contributed by atoms with Crippen molar-refractivity contribution in [3.8, 4) is 0 Å². The summed E-state index contributed by atoms with van der Waals surface area (Å²) in [6.07, 6.45) is 3.23. The fourth-order valence-electron chi connectivity index (χ4n) is 3.69. The Hall–Kier alpha value is -3.86. The molecule has 1 aliphatic carbocycles. The molecule has 5 rings (SSSR count). The van der Waals surface area contributed by atoms with Crippen molar-refractivity contribution in [1.29, 1.82) is 0 Å². The van der Waals surface area contributed by atoms with Gasteiger partial charge >= 0.3 is 0 Å². The van der Waals surface area contributed by atoms with Crippen LogP contribution in [0.3, 0.4) is 0 Å². The van der Waals surface area contributed by atoms with Crippen molar-refractivity contribution in [2.75, 3.05) is 5.32 Å². The maximum Gasteiger partial charge on any atom is 0.207 e. The van der Waals surface area contributed by atoms with E-state index in [0.29, 0.717) is 28.3 Å². The van der Waals surface area contributed by atoms with Gasteiger partial charge in [-0.1, -0.05) is 30.3 Å². The first kappa shape index (κ1) is 16.3. The second kappa shape index (κ2) is 6.09. The number of pyridine rings is 2. The van der Waals surface area contributed by atoms with Crippen LogP contribution in [0.15, 0.2) is 66.9 Å². The van der Waals surface area contributed by atoms with Crippen molar-refractivity contribution in [2.45, 2.75) is 6.92 Å². The summed E-state index contributed by atoms with van der Waals surface area (Å²) in [6, 6.07) is 16.9. The number of fused-ring (bicyclic) bond motifs is 2. The van der Waals surface area contributed by atoms with E-state index in [-0.39, 0.29) is 11.6 Å². The number of para-hydroxylation sites is 2. The highest BCUT2D eigenvalue weighted by Crippen LogP contribution is 2.35. The number of hydrogen-bond donors (Lipinski definition) is 1. The minimum Gasteiger partial charge on any atom is -0.353 e. The van der Waals surface area contributed by atoms with Crippen LogP contribution in [0.1, 0.15) is 33.5 Å². The normalized spacial score (nSPS) is 12.9. The first-order valence-corrected chi connectivity index (χ1v) is 8.94. The fourth-order valence-corrected chi connectivity index (χ4v) is 3.69. The van der Waals surface area contributed by atoms with Gasteiger partial charge in [0.05, 0.1) is 16.9 Å². The highest BCUT2D eigenvalue weighted by molar-refractivity contribution is 6.25. The van der Waals surface area contributed by atoms with Crippen LogP contribution in [0, 0.1) is 0 Å². The molecule has 0 atom stereocenters. The molecule has 5 heteroatoms. The molecule has 0 saturated heterocycles. The summed E-state index contributed by atoms with van der Waals surface area (Å²) < 4.78 is 0. The Morgan fingerprint density at radius 2 is 1.71 bits per heavy atom. The van der Waals surface area contributed by atoms with Gasteiger partial charge in [0.2, 0.25) is 5.78 Å². The number of nitrogens with one attached hydrogen (secondary N) is 1. The molecule has 2 aromatic heterocycles. The number of benzene rings is 2. The molecular weight excluding hydrogens is 350 g/mol. The van der Waals surface area contributed by atoms with Crippen molar-refractivity contribution < 1.29 is 9.59 Å². The van der Waals surface area contributed by atoms with Gasteiger partial charge in [0.1, 0.15) is 5.69 Å². The topological polar surface area (TPSA) is 72.0 Å². The van der Waals surface area contributed by atoms with Crippen LogP contribution in [0.25, 0.3) is 27.4 Å². The molecule has 5 nitrogen and oxygen atoms in total. The molecule has 1 N–H and O–H groups in total. The van der Waals surface area contributed by atoms with Crippen LogP contribution >= 0.6 is 0 Å². The number of rotatable bonds is 3. The lowest BCUT2D eigenvalue weighted by atomic mass is 9.95. The quantitative estimate of drug-likeness (QED) is 0.423. The standard InChI is InChI=1S/C23H15N3O2/c1-13(27)14-6-2-4-8-17(14)25-19-12-20(28)23-21-16(10-11-24-22(19)21)15-7-3-5-9-18(15)26-23/h2-12,25H,1H3. The van der Waals surface area contributed by atoms with Crippen LogP contribution in [0.2, 0.25) is 0 Å². The van der Waals surface area contributed by atoms with Crippen LogP contribution in [-0.4, -0.2) is 21.5 Å². The lowest BCUT2D eigenvalue weighted by Gasteiger charge is -2.19. The van der Waals surface area contributed by atoms with E-state index in [2.05, 4.69) is 15.3 Å². The number of hydrogen-bond acceptors (Lipinski definition) is 5. The van der Waals surface area contributed by atoms with E-state index < -0.39 is 0 Å². The summed E-state index contributed by atoms with van der Waals surface area (Å²) in [5.74, 6) is -0.232. The molecular formula is C23H15N3O2. The second-order valence-corrected chi connectivity index (χ2v) is 6.71. The second-order valence-electron chi connectivity index (χ2n) is 6.71. The molecule has 0 amide bonds. The molecule has 4 aromatic rings. The van der Waals surface area contributed by atoms with Gasteiger partial charge in [-0.05, 0) is 36.6 Å². The SMILES string of the molecule is CC(=O)c1ccccc1NC1=CC(=O)c2nc3ccccc3c3ccnc1c23. The summed E-state index contributed by atoms with van der Waals surface area (Å²) in [6.45, 7) is 1.52. The minimum absolute atomic E-state index is 0.0509. The Bertz CT molecular complexity index is 1340. The Kier molecular flexibility index (Phi) is 3.55. The molecule has 1 aliphatic rings. The van der Waals surface area contributed by atoms with Crippen molar-refractivity contribution >= 4 is 44.6 Å². The number of ketones is 2. The van der Waals surface area contributed by atoms with Gasteiger partial charge in [-0.2, -0.15) is 0 Å². The predicted molar refractivity (Wildman–Crippen MR) is 109 cm³/mol. The largest absolute Gasteiger partial charge is 0.353 e. The van der Waals surface area contributed by atoms with Crippen LogP contribution in [0.4, 0.5) is 5.69 Å². The van der Waals surface area contributed by atoms with Gasteiger partial charge in [-0.15, -0.1) is 0 Å². The number of aromatic nitrogens is 2. The first-order chi connectivity index (χ1) is 13.6. The molecule has 0 unspecified atom stereocenters. The van der Waals surface area contributed by atoms with Gasteiger partial charge in [-0.25, -0.2) is 4.98 Å². The Morgan fingerprint density at radius 3 is 2.57 bits per heavy atom. The third-order valence-corrected chi connectivity index (χ3v) is 4.95. The number of carbonyl (C=O) groups is 2. The monoisotopic (exact) mass is 365 g/mol. The van der Waals surface area contributed by atoms with Crippen LogP contribution < -0.4 is 5.32 Å². The van der Waals surface area contributed by atoms with Gasteiger partial charge in [0.15, 0.2) is 5.78 Å². The lowest BCUT2D eigenvalue weighted by molar-refractivity contribution is 0.101. The van der Waals surface area contributed by atoms with Crippen molar-refractivity contribution in [3.05, 3.63) is 83.8 Å². The molecule has 0 spiro atoms. The zero-order valence-electron chi connectivity index (χ0n) is 15.1. The third kappa shape index (κ3) is 2.41. The number of nitrogens with zero attached hydrogens (tertiary/aromatic N) is 2. The van der Waals surface area contributed by atoms with Crippen molar-refractivity contribution in [1.82, 2.24) is 9.97 Å². The number of Topliss-reactive ketones (excluding diaryl/α,β-unsaturated/α-hetero) is 1. The van der Waals surface area contributed by atoms with E-state index in [4.69, 9.17) is 0 Å². The zero-order valence-corrected chi connectivity index (χ0v) is 15.1. The summed E-state index contributed by atoms with van der Waals surface area (Å²) in [5.41, 5.74) is 3.61. The smallest absolute Gasteiger partial charge is 0.207 e. The molecule has 0 radical (unpaired) electrons.